The van der Waals surface area contributed by atoms with Gasteiger partial charge in [0, 0.05) is 33.7 Å². The molecule has 4 aromatic carbocycles. The van der Waals surface area contributed by atoms with Gasteiger partial charge in [-0.25, -0.2) is 9.97 Å². The molecular weight excluding hydrogens is 450 g/mol. The zero-order valence-corrected chi connectivity index (χ0v) is 20.6. The first-order valence-electron chi connectivity index (χ1n) is 12.3. The quantitative estimate of drug-likeness (QED) is 0.234. The van der Waals surface area contributed by atoms with Crippen LogP contribution >= 0.6 is 0 Å². The van der Waals surface area contributed by atoms with Gasteiger partial charge < -0.3 is 0 Å². The van der Waals surface area contributed by atoms with Gasteiger partial charge in [0.15, 0.2) is 5.82 Å². The molecule has 0 fully saturated rings. The molecule has 0 saturated heterocycles. The van der Waals surface area contributed by atoms with Crippen molar-refractivity contribution in [2.24, 2.45) is 0 Å². The Labute approximate surface area is 216 Å². The molecule has 0 bridgehead atoms. The van der Waals surface area contributed by atoms with Crippen molar-refractivity contribution in [3.63, 3.8) is 0 Å². The average Bonchev–Trinajstić information content (AvgIpc) is 2.96. The second-order valence-corrected chi connectivity index (χ2v) is 8.99. The highest BCUT2D eigenvalue weighted by Crippen LogP contribution is 2.34. The summed E-state index contributed by atoms with van der Waals surface area (Å²) in [6.07, 6.45) is 7.62. The Hall–Kier alpha value is -4.89. The predicted octanol–water partition coefficient (Wildman–Crippen LogP) is 8.69. The lowest BCUT2D eigenvalue weighted by atomic mass is 9.96. The van der Waals surface area contributed by atoms with E-state index in [4.69, 9.17) is 9.97 Å². The van der Waals surface area contributed by atoms with Crippen LogP contribution in [-0.2, 0) is 0 Å². The molecule has 3 nitrogen and oxygen atoms in total. The molecule has 0 unspecified atom stereocenters. The molecular formula is C34H25N3. The summed E-state index contributed by atoms with van der Waals surface area (Å²) >= 11 is 0. The van der Waals surface area contributed by atoms with E-state index in [9.17, 15) is 0 Å². The van der Waals surface area contributed by atoms with Crippen molar-refractivity contribution in [1.29, 1.82) is 0 Å². The topological polar surface area (TPSA) is 38.7 Å². The average molecular weight is 476 g/mol. The molecule has 3 heteroatoms. The van der Waals surface area contributed by atoms with Gasteiger partial charge in [0.1, 0.15) is 0 Å². The number of rotatable bonds is 5. The summed E-state index contributed by atoms with van der Waals surface area (Å²) in [5, 5.41) is 2.09. The molecule has 6 rings (SSSR count). The van der Waals surface area contributed by atoms with Crippen molar-refractivity contribution in [1.82, 2.24) is 15.0 Å². The van der Waals surface area contributed by atoms with Crippen molar-refractivity contribution < 1.29 is 0 Å². The Balaban J connectivity index is 1.56. The summed E-state index contributed by atoms with van der Waals surface area (Å²) in [7, 11) is 0. The van der Waals surface area contributed by atoms with E-state index in [2.05, 4.69) is 97.4 Å². The number of nitrogens with zero attached hydrogens (tertiary/aromatic N) is 3. The van der Waals surface area contributed by atoms with E-state index >= 15 is 0 Å². The molecule has 0 aliphatic rings. The second-order valence-electron chi connectivity index (χ2n) is 8.99. The second kappa shape index (κ2) is 9.63. The number of benzene rings is 4. The Morgan fingerprint density at radius 1 is 0.730 bits per heavy atom. The van der Waals surface area contributed by atoms with E-state index < -0.39 is 0 Å². The monoisotopic (exact) mass is 475 g/mol. The fourth-order valence-corrected chi connectivity index (χ4v) is 4.81. The minimum atomic E-state index is 0.706. The van der Waals surface area contributed by atoms with Crippen LogP contribution in [0.4, 0.5) is 0 Å². The van der Waals surface area contributed by atoms with Crippen LogP contribution in [0.3, 0.4) is 0 Å². The maximum atomic E-state index is 5.16. The maximum Gasteiger partial charge on any atom is 0.160 e. The van der Waals surface area contributed by atoms with Gasteiger partial charge in [-0.15, -0.1) is 0 Å². The van der Waals surface area contributed by atoms with Crippen LogP contribution in [0.5, 0.6) is 0 Å². The number of hydrogen-bond donors (Lipinski definition) is 0. The first-order valence-corrected chi connectivity index (χ1v) is 12.3. The first kappa shape index (κ1) is 22.6. The molecule has 176 valence electrons. The largest absolute Gasteiger partial charge is 0.256 e. The third-order valence-corrected chi connectivity index (χ3v) is 6.71. The Morgan fingerprint density at radius 3 is 2.27 bits per heavy atom. The molecule has 0 radical (unpaired) electrons. The molecule has 37 heavy (non-hydrogen) atoms. The molecule has 0 aliphatic carbocycles. The van der Waals surface area contributed by atoms with Crippen LogP contribution in [0, 0.1) is 6.92 Å². The number of hydrogen-bond acceptors (Lipinski definition) is 3. The van der Waals surface area contributed by atoms with E-state index in [0.29, 0.717) is 5.82 Å². The molecule has 0 amide bonds. The normalized spacial score (nSPS) is 11.4. The van der Waals surface area contributed by atoms with Crippen molar-refractivity contribution in [2.75, 3.05) is 0 Å². The van der Waals surface area contributed by atoms with Gasteiger partial charge in [-0.05, 0) is 41.8 Å². The van der Waals surface area contributed by atoms with E-state index in [0.717, 1.165) is 49.8 Å². The van der Waals surface area contributed by atoms with Crippen LogP contribution < -0.4 is 0 Å². The summed E-state index contributed by atoms with van der Waals surface area (Å²) in [4.78, 5) is 14.8. The Morgan fingerprint density at radius 2 is 1.46 bits per heavy atom. The Bertz CT molecular complexity index is 1780. The zero-order chi connectivity index (χ0) is 25.2. The van der Waals surface area contributed by atoms with Crippen molar-refractivity contribution in [2.45, 2.75) is 6.92 Å². The number of para-hydroxylation sites is 1. The van der Waals surface area contributed by atoms with Crippen LogP contribution in [-0.4, -0.2) is 15.0 Å². The minimum absolute atomic E-state index is 0.706. The van der Waals surface area contributed by atoms with E-state index in [1.165, 1.54) is 11.1 Å². The van der Waals surface area contributed by atoms with Gasteiger partial charge >= 0.3 is 0 Å². The van der Waals surface area contributed by atoms with E-state index in [1.54, 1.807) is 6.08 Å². The zero-order valence-electron chi connectivity index (χ0n) is 20.6. The van der Waals surface area contributed by atoms with Gasteiger partial charge in [-0.3, -0.25) is 4.98 Å². The lowest BCUT2D eigenvalue weighted by Crippen LogP contribution is -1.99. The summed E-state index contributed by atoms with van der Waals surface area (Å²) in [5.41, 5.74) is 9.38. The number of fused-ring (bicyclic) bond motifs is 2. The van der Waals surface area contributed by atoms with Crippen LogP contribution in [0.1, 0.15) is 11.1 Å². The lowest BCUT2D eigenvalue weighted by molar-refractivity contribution is 1.22. The maximum absolute atomic E-state index is 5.16. The summed E-state index contributed by atoms with van der Waals surface area (Å²) < 4.78 is 0. The molecule has 0 N–H and O–H groups in total. The highest BCUT2D eigenvalue weighted by molar-refractivity contribution is 5.97. The third-order valence-electron chi connectivity index (χ3n) is 6.71. The highest BCUT2D eigenvalue weighted by atomic mass is 14.9. The molecule has 2 heterocycles. The summed E-state index contributed by atoms with van der Waals surface area (Å²) in [6.45, 7) is 5.95. The highest BCUT2D eigenvalue weighted by Gasteiger charge is 2.16. The van der Waals surface area contributed by atoms with Gasteiger partial charge in [-0.1, -0.05) is 104 Å². The number of allylic oxidation sites excluding steroid dienone is 2. The van der Waals surface area contributed by atoms with Crippen molar-refractivity contribution in [3.8, 4) is 33.8 Å². The SMILES string of the molecule is C=C/C=C\c1c(C)c(-c2nc(-c3ccc(-c4ccccc4)cc3)c3ccccc3n2)cc2cccnc12. The van der Waals surface area contributed by atoms with Crippen molar-refractivity contribution >= 4 is 27.9 Å². The molecule has 6 aromatic rings. The molecule has 2 aromatic heterocycles. The fourth-order valence-electron chi connectivity index (χ4n) is 4.81. The number of pyridine rings is 1. The molecule has 0 spiro atoms. The number of aromatic nitrogens is 3. The van der Waals surface area contributed by atoms with Crippen molar-refractivity contribution in [3.05, 3.63) is 133 Å². The first-order chi connectivity index (χ1) is 18.2. The van der Waals surface area contributed by atoms with Crippen LogP contribution in [0.15, 0.2) is 122 Å². The molecule has 0 saturated carbocycles. The van der Waals surface area contributed by atoms with E-state index in [-0.39, 0.29) is 0 Å². The fraction of sp³-hybridized carbons (Fsp3) is 0.0294. The molecule has 0 atom stereocenters. The third kappa shape index (κ3) is 4.21. The molecule has 0 aliphatic heterocycles. The Kier molecular flexibility index (Phi) is 5.88. The predicted molar refractivity (Wildman–Crippen MR) is 155 cm³/mol. The summed E-state index contributed by atoms with van der Waals surface area (Å²) in [6, 6.07) is 33.4. The minimum Gasteiger partial charge on any atom is -0.256 e. The van der Waals surface area contributed by atoms with E-state index in [1.807, 2.05) is 36.5 Å². The van der Waals surface area contributed by atoms with Gasteiger partial charge in [0.25, 0.3) is 0 Å². The smallest absolute Gasteiger partial charge is 0.160 e. The van der Waals surface area contributed by atoms with Crippen LogP contribution in [0.25, 0.3) is 61.7 Å². The van der Waals surface area contributed by atoms with Gasteiger partial charge in [-0.2, -0.15) is 0 Å². The van der Waals surface area contributed by atoms with Crippen LogP contribution in [0.2, 0.25) is 0 Å². The lowest BCUT2D eigenvalue weighted by Gasteiger charge is -2.14. The van der Waals surface area contributed by atoms with Gasteiger partial charge in [0.05, 0.1) is 16.7 Å². The van der Waals surface area contributed by atoms with Gasteiger partial charge in [0.2, 0.25) is 0 Å². The summed E-state index contributed by atoms with van der Waals surface area (Å²) in [5.74, 6) is 0.706. The standard InChI is InChI=1S/C34H25N3/c1-3-4-14-28-23(2)30(22-27-13-10-21-35-32(27)28)34-36-31-16-9-8-15-29(31)33(37-34)26-19-17-25(18-20-26)24-11-6-5-7-12-24/h3-22H,1H2,2H3/b14-4-.